The van der Waals surface area contributed by atoms with E-state index in [1.54, 1.807) is 18.7 Å². The fourth-order valence-electron chi connectivity index (χ4n) is 3.89. The van der Waals surface area contributed by atoms with E-state index in [1.807, 2.05) is 42.5 Å². The molecule has 11 heteroatoms. The second-order valence-corrected chi connectivity index (χ2v) is 8.93. The zero-order valence-electron chi connectivity index (χ0n) is 19.0. The minimum atomic E-state index is -0.0968. The fraction of sp³-hybridized carbons (Fsp3) is 0.304. The second-order valence-electron chi connectivity index (χ2n) is 7.99. The molecule has 0 spiro atoms. The monoisotopic (exact) mass is 479 g/mol. The third-order valence-electron chi connectivity index (χ3n) is 5.54. The zero-order valence-corrected chi connectivity index (χ0v) is 19.8. The number of hydrogen-bond donors (Lipinski definition) is 3. The molecular weight excluding hydrogens is 454 g/mol. The first-order valence-corrected chi connectivity index (χ1v) is 11.9. The van der Waals surface area contributed by atoms with Gasteiger partial charge in [0.05, 0.1) is 31.7 Å². The number of rotatable bonds is 7. The van der Waals surface area contributed by atoms with Gasteiger partial charge in [0.25, 0.3) is 0 Å². The lowest BCUT2D eigenvalue weighted by Gasteiger charge is -2.12. The van der Waals surface area contributed by atoms with Crippen LogP contribution in [0.4, 0.5) is 0 Å². The molecule has 1 amide bonds. The maximum atomic E-state index is 12.6. The van der Waals surface area contributed by atoms with Crippen molar-refractivity contribution < 1.29 is 14.3 Å². The number of benzene rings is 2. The molecule has 1 saturated heterocycles. The summed E-state index contributed by atoms with van der Waals surface area (Å²) in [6, 6.07) is 13.7. The molecule has 0 radical (unpaired) electrons. The lowest BCUT2D eigenvalue weighted by atomic mass is 10.2. The molecule has 2 unspecified atom stereocenters. The third kappa shape index (κ3) is 4.37. The lowest BCUT2D eigenvalue weighted by molar-refractivity contribution is -0.119. The molecular formula is C23H25N7O3S. The van der Waals surface area contributed by atoms with Gasteiger partial charge in [-0.3, -0.25) is 10.2 Å². The predicted octanol–water partition coefficient (Wildman–Crippen LogP) is 2.38. The van der Waals surface area contributed by atoms with Crippen molar-refractivity contribution >= 4 is 34.2 Å². The van der Waals surface area contributed by atoms with Gasteiger partial charge in [0.2, 0.25) is 5.91 Å². The third-order valence-corrected chi connectivity index (χ3v) is 6.47. The van der Waals surface area contributed by atoms with Crippen molar-refractivity contribution in [1.82, 2.24) is 35.8 Å². The summed E-state index contributed by atoms with van der Waals surface area (Å²) in [4.78, 5) is 22.2. The number of hydrogen-bond acceptors (Lipinski definition) is 9. The number of hydrazine groups is 1. The highest BCUT2D eigenvalue weighted by Gasteiger charge is 2.22. The summed E-state index contributed by atoms with van der Waals surface area (Å²) in [7, 11) is 3.17. The van der Waals surface area contributed by atoms with Crippen molar-refractivity contribution in [3.8, 4) is 22.9 Å². The van der Waals surface area contributed by atoms with Crippen LogP contribution in [0.15, 0.2) is 47.6 Å². The molecule has 2 aromatic carbocycles. The quantitative estimate of drug-likeness (QED) is 0.271. The van der Waals surface area contributed by atoms with Crippen molar-refractivity contribution in [2.75, 3.05) is 20.0 Å². The number of thioether (sulfide) groups is 1. The molecule has 2 aromatic heterocycles. The van der Waals surface area contributed by atoms with E-state index in [0.717, 1.165) is 17.4 Å². The first-order valence-electron chi connectivity index (χ1n) is 10.9. The molecule has 3 heterocycles. The molecule has 0 aliphatic carbocycles. The number of carbonyl (C=O) groups is 1. The Morgan fingerprint density at radius 3 is 2.62 bits per heavy atom. The topological polar surface area (TPSA) is 115 Å². The van der Waals surface area contributed by atoms with E-state index < -0.39 is 0 Å². The number of methoxy groups -OCH3 is 2. The minimum Gasteiger partial charge on any atom is -0.493 e. The van der Waals surface area contributed by atoms with E-state index in [2.05, 4.69) is 23.1 Å². The van der Waals surface area contributed by atoms with Gasteiger partial charge in [0.1, 0.15) is 0 Å². The Balaban J connectivity index is 1.53. The van der Waals surface area contributed by atoms with Crippen molar-refractivity contribution in [2.45, 2.75) is 30.7 Å². The van der Waals surface area contributed by atoms with Gasteiger partial charge in [-0.05, 0) is 19.4 Å². The van der Waals surface area contributed by atoms with E-state index in [-0.39, 0.29) is 17.8 Å². The maximum Gasteiger partial charge on any atom is 0.231 e. The zero-order chi connectivity index (χ0) is 23.7. The average Bonchev–Trinajstić information content (AvgIpc) is 3.48. The first-order chi connectivity index (χ1) is 16.6. The highest BCUT2D eigenvalue weighted by atomic mass is 32.2. The number of ether oxygens (including phenoxy) is 2. The first kappa shape index (κ1) is 22.4. The van der Waals surface area contributed by atoms with Crippen LogP contribution in [-0.4, -0.2) is 57.7 Å². The number of nitrogens with zero attached hydrogens (tertiary/aromatic N) is 4. The van der Waals surface area contributed by atoms with Gasteiger partial charge < -0.3 is 14.8 Å². The van der Waals surface area contributed by atoms with Gasteiger partial charge in [0.15, 0.2) is 28.1 Å². The molecule has 4 aromatic rings. The van der Waals surface area contributed by atoms with E-state index in [0.29, 0.717) is 39.7 Å². The smallest absolute Gasteiger partial charge is 0.231 e. The number of nitrogens with one attached hydrogen (secondary N) is 3. The Hall–Kier alpha value is -3.41. The second kappa shape index (κ2) is 9.45. The molecule has 0 bridgehead atoms. The normalized spacial score (nSPS) is 17.9. The van der Waals surface area contributed by atoms with Crippen LogP contribution in [0.1, 0.15) is 13.3 Å². The molecule has 1 aliphatic rings. The summed E-state index contributed by atoms with van der Waals surface area (Å²) in [5.74, 6) is 1.82. The molecule has 34 heavy (non-hydrogen) atoms. The number of carbonyl (C=O) groups excluding carboxylic acids is 1. The summed E-state index contributed by atoms with van der Waals surface area (Å²) in [5.41, 5.74) is 8.37. The summed E-state index contributed by atoms with van der Waals surface area (Å²) >= 11 is 1.31. The molecule has 0 saturated carbocycles. The van der Waals surface area contributed by atoms with Gasteiger partial charge in [-0.1, -0.05) is 42.1 Å². The summed E-state index contributed by atoms with van der Waals surface area (Å²) < 4.78 is 12.6. The molecule has 1 fully saturated rings. The van der Waals surface area contributed by atoms with Crippen LogP contribution >= 0.6 is 11.8 Å². The Labute approximate surface area is 200 Å². The number of amides is 1. The molecule has 2 atom stereocenters. The Kier molecular flexibility index (Phi) is 6.22. The van der Waals surface area contributed by atoms with Crippen molar-refractivity contribution in [2.24, 2.45) is 0 Å². The molecule has 10 nitrogen and oxygen atoms in total. The summed E-state index contributed by atoms with van der Waals surface area (Å²) in [6.07, 6.45) is 0.723. The SMILES string of the molecule is COc1cc2nc(SCC(=O)NC3CC(C)NN3)n3nc(-c4ccccc4)nc3c2cc1OC. The Morgan fingerprint density at radius 2 is 1.91 bits per heavy atom. The van der Waals surface area contributed by atoms with Gasteiger partial charge >= 0.3 is 0 Å². The van der Waals surface area contributed by atoms with E-state index >= 15 is 0 Å². The highest BCUT2D eigenvalue weighted by molar-refractivity contribution is 7.99. The maximum absolute atomic E-state index is 12.6. The molecule has 176 valence electrons. The summed E-state index contributed by atoms with van der Waals surface area (Å²) in [5, 5.41) is 9.04. The highest BCUT2D eigenvalue weighted by Crippen LogP contribution is 2.35. The van der Waals surface area contributed by atoms with E-state index in [4.69, 9.17) is 24.5 Å². The molecule has 1 aliphatic heterocycles. The van der Waals surface area contributed by atoms with Crippen LogP contribution < -0.4 is 25.6 Å². The van der Waals surface area contributed by atoms with E-state index in [9.17, 15) is 4.79 Å². The summed E-state index contributed by atoms with van der Waals surface area (Å²) in [6.45, 7) is 2.06. The molecule has 3 N–H and O–H groups in total. The lowest BCUT2D eigenvalue weighted by Crippen LogP contribution is -2.45. The number of aromatic nitrogens is 4. The van der Waals surface area contributed by atoms with Crippen molar-refractivity contribution in [3.63, 3.8) is 0 Å². The van der Waals surface area contributed by atoms with E-state index in [1.165, 1.54) is 11.8 Å². The van der Waals surface area contributed by atoms with Gasteiger partial charge in [-0.2, -0.15) is 4.52 Å². The average molecular weight is 480 g/mol. The van der Waals surface area contributed by atoms with Crippen molar-refractivity contribution in [1.29, 1.82) is 0 Å². The van der Waals surface area contributed by atoms with Crippen LogP contribution in [0, 0.1) is 0 Å². The minimum absolute atomic E-state index is 0.0934. The number of fused-ring (bicyclic) bond motifs is 3. The van der Waals surface area contributed by atoms with Gasteiger partial charge in [-0.15, -0.1) is 5.10 Å². The fourth-order valence-corrected chi connectivity index (χ4v) is 4.64. The Bertz CT molecular complexity index is 1350. The van der Waals surface area contributed by atoms with Crippen molar-refractivity contribution in [3.05, 3.63) is 42.5 Å². The van der Waals surface area contributed by atoms with Gasteiger partial charge in [-0.25, -0.2) is 15.4 Å². The van der Waals surface area contributed by atoms with Crippen LogP contribution in [0.3, 0.4) is 0 Å². The van der Waals surface area contributed by atoms with Crippen LogP contribution in [0.5, 0.6) is 11.5 Å². The largest absolute Gasteiger partial charge is 0.493 e. The predicted molar refractivity (Wildman–Crippen MR) is 130 cm³/mol. The van der Waals surface area contributed by atoms with Crippen LogP contribution in [0.2, 0.25) is 0 Å². The standard InChI is InChI=1S/C23H25N7O3S/c1-13-9-19(28-27-13)25-20(31)12-34-23-24-16-11-18(33-3)17(32-2)10-15(16)22-26-21(29-30(22)23)14-7-5-4-6-8-14/h4-8,10-11,13,19,27-28H,9,12H2,1-3H3,(H,25,31). The van der Waals surface area contributed by atoms with Crippen LogP contribution in [-0.2, 0) is 4.79 Å². The van der Waals surface area contributed by atoms with Crippen LogP contribution in [0.25, 0.3) is 27.9 Å². The Morgan fingerprint density at radius 1 is 1.15 bits per heavy atom. The van der Waals surface area contributed by atoms with Gasteiger partial charge in [0, 0.05) is 23.1 Å². The molecule has 5 rings (SSSR count).